The summed E-state index contributed by atoms with van der Waals surface area (Å²) in [4.78, 5) is 48.4. The molecule has 54 heavy (non-hydrogen) atoms. The number of benzene rings is 2. The number of amides is 2. The lowest BCUT2D eigenvalue weighted by atomic mass is 10.1. The molecule has 1 unspecified atom stereocenters. The summed E-state index contributed by atoms with van der Waals surface area (Å²) in [5, 5.41) is 5.26. The van der Waals surface area contributed by atoms with Crippen molar-refractivity contribution in [3.05, 3.63) is 59.7 Å². The fraction of sp³-hybridized carbons (Fsp3) is 0.500. The van der Waals surface area contributed by atoms with Crippen LogP contribution in [0.2, 0.25) is 0 Å². The van der Waals surface area contributed by atoms with Crippen molar-refractivity contribution in [3.63, 3.8) is 0 Å². The highest BCUT2D eigenvalue weighted by Crippen LogP contribution is 2.29. The second-order valence-electron chi connectivity index (χ2n) is 13.2. The first-order valence-electron chi connectivity index (χ1n) is 17.8. The Morgan fingerprint density at radius 2 is 1.11 bits per heavy atom. The van der Waals surface area contributed by atoms with E-state index in [9.17, 15) is 19.2 Å². The van der Waals surface area contributed by atoms with Gasteiger partial charge in [-0.05, 0) is 81.2 Å². The van der Waals surface area contributed by atoms with Crippen LogP contribution >= 0.6 is 0 Å². The van der Waals surface area contributed by atoms with E-state index >= 15 is 0 Å². The molecule has 2 aromatic carbocycles. The molecule has 2 aromatic rings. The lowest BCUT2D eigenvalue weighted by Gasteiger charge is -2.19. The summed E-state index contributed by atoms with van der Waals surface area (Å²) in [6.45, 7) is 13.5. The molecule has 0 heterocycles. The second-order valence-corrected chi connectivity index (χ2v) is 13.2. The van der Waals surface area contributed by atoms with Gasteiger partial charge >= 0.3 is 12.2 Å². The molecule has 14 heteroatoms. The number of methoxy groups -OCH3 is 2. The van der Waals surface area contributed by atoms with Gasteiger partial charge in [0.2, 0.25) is 0 Å². The molecule has 0 saturated carbocycles. The Hall–Kier alpha value is -5.08. The summed E-state index contributed by atoms with van der Waals surface area (Å²) in [7, 11) is 3.02. The van der Waals surface area contributed by atoms with E-state index in [1.165, 1.54) is 26.4 Å². The summed E-state index contributed by atoms with van der Waals surface area (Å²) in [6, 6.07) is 10.4. The van der Waals surface area contributed by atoms with E-state index in [0.717, 1.165) is 0 Å². The van der Waals surface area contributed by atoms with Crippen molar-refractivity contribution in [1.82, 2.24) is 10.6 Å². The highest BCUT2D eigenvalue weighted by molar-refractivity contribution is 6.10. The van der Waals surface area contributed by atoms with Gasteiger partial charge in [0, 0.05) is 13.1 Å². The number of carbonyl (C=O) groups excluding carboxylic acids is 4. The zero-order chi connectivity index (χ0) is 39.9. The highest BCUT2D eigenvalue weighted by Gasteiger charge is 2.16. The molecule has 2 amide bonds. The number of nitrogens with one attached hydrogen (secondary N) is 2. The van der Waals surface area contributed by atoms with Gasteiger partial charge in [0.25, 0.3) is 0 Å². The zero-order valence-corrected chi connectivity index (χ0v) is 32.7. The number of alkyl carbamates (subject to hydrolysis) is 2. The molecule has 0 aliphatic heterocycles. The molecule has 14 nitrogen and oxygen atoms in total. The lowest BCUT2D eigenvalue weighted by Crippen LogP contribution is -2.34. The van der Waals surface area contributed by atoms with Gasteiger partial charge in [-0.2, -0.15) is 0 Å². The van der Waals surface area contributed by atoms with E-state index in [-0.39, 0.29) is 43.2 Å². The Bertz CT molecular complexity index is 1550. The van der Waals surface area contributed by atoms with E-state index in [1.807, 2.05) is 20.8 Å². The lowest BCUT2D eigenvalue weighted by molar-refractivity contribution is -0.121. The van der Waals surface area contributed by atoms with Gasteiger partial charge < -0.3 is 48.5 Å². The molecule has 0 radical (unpaired) electrons. The molecule has 0 aliphatic rings. The largest absolute Gasteiger partial charge is 0.493 e. The van der Waals surface area contributed by atoms with Gasteiger partial charge in [-0.15, -0.1) is 0 Å². The van der Waals surface area contributed by atoms with Crippen LogP contribution in [0.15, 0.2) is 48.6 Å². The van der Waals surface area contributed by atoms with Crippen molar-refractivity contribution in [1.29, 1.82) is 0 Å². The third kappa shape index (κ3) is 19.1. The van der Waals surface area contributed by atoms with Gasteiger partial charge in [0.05, 0.1) is 47.1 Å². The SMILES string of the molecule is COc1cc(/C=C/C(=O)CC(=O)/C=C/c2ccc(OCCOCCNC(=O)OC(C)(C)C)c(OC)c2)ccc1OCCOCCNC(=O)OC(C)C(C)C. The standard InChI is InChI=1S/C40H56N2O12/c1-28(2)29(3)53-38(45)41-17-19-49-21-23-51-34-15-11-30(25-36(34)47-7)9-13-32(43)27-33(44)14-10-31-12-16-35(37(26-31)48-8)52-24-22-50-20-18-42-39(46)54-40(4,5)6/h9-16,25-26,28-29H,17-24,27H2,1-8H3,(H,41,45)(H,42,46)/b13-9+,14-10+. The fourth-order valence-electron chi connectivity index (χ4n) is 4.22. The Morgan fingerprint density at radius 3 is 1.54 bits per heavy atom. The fourth-order valence-corrected chi connectivity index (χ4v) is 4.22. The van der Waals surface area contributed by atoms with E-state index in [1.54, 1.807) is 69.3 Å². The van der Waals surface area contributed by atoms with Crippen LogP contribution in [0.25, 0.3) is 12.2 Å². The van der Waals surface area contributed by atoms with Crippen molar-refractivity contribution in [2.45, 2.75) is 59.7 Å². The number of allylic oxidation sites excluding steroid dienone is 2. The predicted molar refractivity (Wildman–Crippen MR) is 204 cm³/mol. The molecule has 0 fully saturated rings. The molecule has 0 saturated heterocycles. The van der Waals surface area contributed by atoms with Gasteiger partial charge in [-0.1, -0.05) is 38.1 Å². The summed E-state index contributed by atoms with van der Waals surface area (Å²) >= 11 is 0. The van der Waals surface area contributed by atoms with Gasteiger partial charge in [-0.25, -0.2) is 9.59 Å². The van der Waals surface area contributed by atoms with Crippen LogP contribution in [-0.4, -0.2) is 102 Å². The first-order chi connectivity index (χ1) is 25.7. The van der Waals surface area contributed by atoms with E-state index < -0.39 is 17.8 Å². The number of carbonyl (C=O) groups is 4. The molecular weight excluding hydrogens is 700 g/mol. The van der Waals surface area contributed by atoms with Crippen LogP contribution in [0.3, 0.4) is 0 Å². The van der Waals surface area contributed by atoms with Crippen molar-refractivity contribution in [3.8, 4) is 23.0 Å². The number of hydrogen-bond acceptors (Lipinski definition) is 12. The maximum absolute atomic E-state index is 12.5. The molecule has 2 rings (SSSR count). The second kappa shape index (κ2) is 24.3. The Kier molecular flexibility index (Phi) is 20.3. The molecule has 2 N–H and O–H groups in total. The first-order valence-corrected chi connectivity index (χ1v) is 17.8. The van der Waals surface area contributed by atoms with Crippen LogP contribution < -0.4 is 29.6 Å². The van der Waals surface area contributed by atoms with Gasteiger partial charge in [0.1, 0.15) is 24.9 Å². The van der Waals surface area contributed by atoms with Crippen molar-refractivity contribution in [2.24, 2.45) is 5.92 Å². The Morgan fingerprint density at radius 1 is 0.648 bits per heavy atom. The summed E-state index contributed by atoms with van der Waals surface area (Å²) < 4.78 is 43.8. The van der Waals surface area contributed by atoms with Crippen LogP contribution in [0.4, 0.5) is 9.59 Å². The van der Waals surface area contributed by atoms with Crippen LogP contribution in [0.1, 0.15) is 59.1 Å². The average Bonchev–Trinajstić information content (AvgIpc) is 3.11. The van der Waals surface area contributed by atoms with Crippen molar-refractivity contribution in [2.75, 3.05) is 67.0 Å². The van der Waals surface area contributed by atoms with Gasteiger partial charge in [0.15, 0.2) is 34.6 Å². The molecule has 298 valence electrons. The van der Waals surface area contributed by atoms with Crippen LogP contribution in [0, 0.1) is 5.92 Å². The maximum atomic E-state index is 12.5. The third-order valence-corrected chi connectivity index (χ3v) is 7.28. The zero-order valence-electron chi connectivity index (χ0n) is 32.7. The highest BCUT2D eigenvalue weighted by atomic mass is 16.6. The minimum absolute atomic E-state index is 0.174. The molecule has 0 spiro atoms. The number of hydrogen-bond donors (Lipinski definition) is 2. The van der Waals surface area contributed by atoms with E-state index in [4.69, 9.17) is 37.9 Å². The van der Waals surface area contributed by atoms with Crippen molar-refractivity contribution >= 4 is 35.9 Å². The van der Waals surface area contributed by atoms with E-state index in [2.05, 4.69) is 10.6 Å². The van der Waals surface area contributed by atoms with Crippen molar-refractivity contribution < 1.29 is 57.1 Å². The van der Waals surface area contributed by atoms with Gasteiger partial charge in [-0.3, -0.25) is 9.59 Å². The molecular formula is C40H56N2O12. The summed E-state index contributed by atoms with van der Waals surface area (Å²) in [5.74, 6) is 1.45. The summed E-state index contributed by atoms with van der Waals surface area (Å²) in [6.07, 6.45) is 4.44. The topological polar surface area (TPSA) is 166 Å². The van der Waals surface area contributed by atoms with E-state index in [0.29, 0.717) is 73.6 Å². The normalized spacial score (nSPS) is 12.0. The van der Waals surface area contributed by atoms with Crippen LogP contribution in [0.5, 0.6) is 23.0 Å². The number of ketones is 2. The Balaban J connectivity index is 1.73. The minimum atomic E-state index is -0.565. The monoisotopic (exact) mass is 756 g/mol. The average molecular weight is 757 g/mol. The van der Waals surface area contributed by atoms with Crippen LogP contribution in [-0.2, 0) is 28.5 Å². The quantitative estimate of drug-likeness (QED) is 0.0725. The maximum Gasteiger partial charge on any atom is 0.407 e. The minimum Gasteiger partial charge on any atom is -0.493 e. The molecule has 1 atom stereocenters. The molecule has 0 aliphatic carbocycles. The molecule has 0 bridgehead atoms. The predicted octanol–water partition coefficient (Wildman–Crippen LogP) is 6.04. The Labute approximate surface area is 318 Å². The third-order valence-electron chi connectivity index (χ3n) is 7.28. The number of ether oxygens (including phenoxy) is 8. The summed E-state index contributed by atoms with van der Waals surface area (Å²) in [5.41, 5.74) is 0.810. The first kappa shape index (κ1) is 45.1. The smallest absolute Gasteiger partial charge is 0.407 e. The molecule has 0 aromatic heterocycles. The number of rotatable bonds is 24.